The van der Waals surface area contributed by atoms with Gasteiger partial charge in [-0.25, -0.2) is 0 Å². The van der Waals surface area contributed by atoms with Crippen LogP contribution in [0.3, 0.4) is 0 Å². The number of carbonyl (C=O) groups excluding carboxylic acids is 2. The molecular weight excluding hydrogens is 268 g/mol. The van der Waals surface area contributed by atoms with Crippen molar-refractivity contribution < 1.29 is 9.59 Å². The first kappa shape index (κ1) is 19.2. The number of carbonyl (C=O) groups is 2. The van der Waals surface area contributed by atoms with Crippen LogP contribution < -0.4 is 11.5 Å². The summed E-state index contributed by atoms with van der Waals surface area (Å²) in [6, 6.07) is 8.63. The van der Waals surface area contributed by atoms with E-state index < -0.39 is 10.5 Å². The van der Waals surface area contributed by atoms with Gasteiger partial charge in [-0.2, -0.15) is 0 Å². The molecule has 0 atom stereocenters. The van der Waals surface area contributed by atoms with E-state index in [0.29, 0.717) is 0 Å². The Kier molecular flexibility index (Phi) is 13.1. The predicted molar refractivity (Wildman–Crippen MR) is 82.3 cm³/mol. The molecule has 6 heteroatoms. The second-order valence-electron chi connectivity index (χ2n) is 3.15. The van der Waals surface area contributed by atoms with Gasteiger partial charge in [-0.15, -0.1) is 0 Å². The Morgan fingerprint density at radius 2 is 1.17 bits per heavy atom. The summed E-state index contributed by atoms with van der Waals surface area (Å²) in [5.41, 5.74) is 11.7. The Bertz CT molecular complexity index is 328. The van der Waals surface area contributed by atoms with Crippen molar-refractivity contribution in [3.8, 4) is 0 Å². The molecule has 0 fully saturated rings. The zero-order valence-corrected chi connectivity index (χ0v) is 12.4. The lowest BCUT2D eigenvalue weighted by Gasteiger charge is -2.02. The normalized spacial score (nSPS) is 8.22. The lowest BCUT2D eigenvalue weighted by atomic mass is 10.0. The first-order valence-corrected chi connectivity index (χ1v) is 6.28. The predicted octanol–water partition coefficient (Wildman–Crippen LogP) is 2.80. The molecule has 0 spiro atoms. The highest BCUT2D eigenvalue weighted by atomic mass is 32.1. The van der Waals surface area contributed by atoms with Crippen molar-refractivity contribution >= 4 is 35.7 Å². The van der Waals surface area contributed by atoms with Crippen LogP contribution in [-0.4, -0.2) is 10.5 Å². The lowest BCUT2D eigenvalue weighted by Crippen LogP contribution is -1.95. The zero-order valence-electron chi connectivity index (χ0n) is 10.6. The molecule has 4 N–H and O–H groups in total. The third kappa shape index (κ3) is 14.9. The molecule has 1 aromatic carbocycles. The standard InChI is InChI=1S/C10H14.2CH3NOS/c1-3-9-7-5-6-8-10(9)4-2;2*2-1(3)4/h5-8H,3-4H2,1-2H3;2*(H3,2,3,4). The van der Waals surface area contributed by atoms with Crippen LogP contribution in [-0.2, 0) is 12.8 Å². The van der Waals surface area contributed by atoms with Crippen LogP contribution in [0, 0.1) is 0 Å². The molecule has 0 aliphatic carbocycles. The monoisotopic (exact) mass is 288 g/mol. The molecule has 1 aromatic rings. The van der Waals surface area contributed by atoms with Crippen molar-refractivity contribution in [1.82, 2.24) is 0 Å². The minimum atomic E-state index is -0.639. The minimum absolute atomic E-state index is 0.639. The highest BCUT2D eigenvalue weighted by Gasteiger charge is 1.93. The van der Waals surface area contributed by atoms with Crippen molar-refractivity contribution in [3.63, 3.8) is 0 Å². The number of hydrogen-bond donors (Lipinski definition) is 4. The van der Waals surface area contributed by atoms with Gasteiger partial charge in [-0.05, 0) is 24.0 Å². The van der Waals surface area contributed by atoms with Gasteiger partial charge >= 0.3 is 0 Å². The number of thiol groups is 2. The van der Waals surface area contributed by atoms with Crippen LogP contribution in [0.25, 0.3) is 0 Å². The SMILES string of the molecule is CCc1ccccc1CC.NC(=O)S.NC(=O)S. The van der Waals surface area contributed by atoms with E-state index >= 15 is 0 Å². The van der Waals surface area contributed by atoms with Gasteiger partial charge < -0.3 is 11.5 Å². The summed E-state index contributed by atoms with van der Waals surface area (Å²) >= 11 is 6.21. The molecule has 0 aliphatic heterocycles. The summed E-state index contributed by atoms with van der Waals surface area (Å²) in [6.07, 6.45) is 2.31. The number of benzene rings is 1. The average Bonchev–Trinajstić information content (AvgIpc) is 2.27. The number of rotatable bonds is 2. The van der Waals surface area contributed by atoms with Crippen molar-refractivity contribution in [2.24, 2.45) is 11.5 Å². The maximum absolute atomic E-state index is 9.09. The number of hydrogen-bond acceptors (Lipinski definition) is 2. The maximum atomic E-state index is 9.09. The van der Waals surface area contributed by atoms with E-state index in [-0.39, 0.29) is 0 Å². The number of amides is 2. The van der Waals surface area contributed by atoms with Crippen molar-refractivity contribution in [1.29, 1.82) is 0 Å². The van der Waals surface area contributed by atoms with Crippen LogP contribution in [0.4, 0.5) is 9.59 Å². The molecule has 0 heterocycles. The van der Waals surface area contributed by atoms with Crippen LogP contribution in [0.5, 0.6) is 0 Å². The maximum Gasteiger partial charge on any atom is 0.273 e. The largest absolute Gasteiger partial charge is 0.361 e. The third-order valence-corrected chi connectivity index (χ3v) is 1.88. The lowest BCUT2D eigenvalue weighted by molar-refractivity contribution is 0.266. The third-order valence-electron chi connectivity index (χ3n) is 1.88. The fraction of sp³-hybridized carbons (Fsp3) is 0.333. The number of primary amides is 2. The summed E-state index contributed by atoms with van der Waals surface area (Å²) in [5, 5.41) is -1.28. The molecule has 1 rings (SSSR count). The van der Waals surface area contributed by atoms with E-state index in [9.17, 15) is 0 Å². The Morgan fingerprint density at radius 1 is 0.944 bits per heavy atom. The fourth-order valence-corrected chi connectivity index (χ4v) is 1.25. The molecule has 2 amide bonds. The van der Waals surface area contributed by atoms with Crippen molar-refractivity contribution in [2.75, 3.05) is 0 Å². The smallest absolute Gasteiger partial charge is 0.273 e. The summed E-state index contributed by atoms with van der Waals surface area (Å²) in [6.45, 7) is 4.41. The summed E-state index contributed by atoms with van der Waals surface area (Å²) < 4.78 is 0. The molecule has 102 valence electrons. The van der Waals surface area contributed by atoms with E-state index in [2.05, 4.69) is 74.8 Å². The Labute approximate surface area is 119 Å². The van der Waals surface area contributed by atoms with Crippen LogP contribution in [0.15, 0.2) is 24.3 Å². The molecule has 18 heavy (non-hydrogen) atoms. The van der Waals surface area contributed by atoms with Gasteiger partial charge in [0.25, 0.3) is 10.5 Å². The summed E-state index contributed by atoms with van der Waals surface area (Å²) in [5.74, 6) is 0. The molecule has 4 nitrogen and oxygen atoms in total. The zero-order chi connectivity index (χ0) is 14.6. The number of nitrogens with two attached hydrogens (primary N) is 2. The molecule has 0 unspecified atom stereocenters. The molecule has 0 radical (unpaired) electrons. The molecular formula is C12H20N2O2S2. The van der Waals surface area contributed by atoms with E-state index in [1.807, 2.05) is 0 Å². The van der Waals surface area contributed by atoms with Gasteiger partial charge in [0, 0.05) is 0 Å². The second kappa shape index (κ2) is 12.3. The molecule has 0 saturated heterocycles. The first-order chi connectivity index (χ1) is 8.34. The van der Waals surface area contributed by atoms with E-state index in [1.165, 1.54) is 11.1 Å². The second-order valence-corrected chi connectivity index (χ2v) is 4.03. The van der Waals surface area contributed by atoms with E-state index in [4.69, 9.17) is 9.59 Å². The molecule has 0 aromatic heterocycles. The Morgan fingerprint density at radius 3 is 1.33 bits per heavy atom. The van der Waals surface area contributed by atoms with Gasteiger partial charge in [-0.1, -0.05) is 63.4 Å². The molecule has 0 saturated carbocycles. The van der Waals surface area contributed by atoms with Crippen LogP contribution >= 0.6 is 25.3 Å². The van der Waals surface area contributed by atoms with Crippen LogP contribution in [0.1, 0.15) is 25.0 Å². The van der Waals surface area contributed by atoms with E-state index in [0.717, 1.165) is 12.8 Å². The summed E-state index contributed by atoms with van der Waals surface area (Å²) in [7, 11) is 0. The van der Waals surface area contributed by atoms with E-state index in [1.54, 1.807) is 0 Å². The minimum Gasteiger partial charge on any atom is -0.361 e. The topological polar surface area (TPSA) is 86.2 Å². The quantitative estimate of drug-likeness (QED) is 0.631. The van der Waals surface area contributed by atoms with Crippen molar-refractivity contribution in [2.45, 2.75) is 26.7 Å². The summed E-state index contributed by atoms with van der Waals surface area (Å²) in [4.78, 5) is 18.2. The molecule has 0 bridgehead atoms. The fourth-order valence-electron chi connectivity index (χ4n) is 1.25. The first-order valence-electron chi connectivity index (χ1n) is 5.38. The van der Waals surface area contributed by atoms with Gasteiger partial charge in [0.1, 0.15) is 0 Å². The highest BCUT2D eigenvalue weighted by molar-refractivity contribution is 7.96. The average molecular weight is 288 g/mol. The van der Waals surface area contributed by atoms with Crippen molar-refractivity contribution in [3.05, 3.63) is 35.4 Å². The van der Waals surface area contributed by atoms with Gasteiger partial charge in [0.15, 0.2) is 0 Å². The molecule has 0 aliphatic rings. The Balaban J connectivity index is 0. The number of aryl methyl sites for hydroxylation is 2. The Hall–Kier alpha value is -1.14. The van der Waals surface area contributed by atoms with Gasteiger partial charge in [0.2, 0.25) is 0 Å². The van der Waals surface area contributed by atoms with Gasteiger partial charge in [-0.3, -0.25) is 9.59 Å². The van der Waals surface area contributed by atoms with Gasteiger partial charge in [0.05, 0.1) is 0 Å². The highest BCUT2D eigenvalue weighted by Crippen LogP contribution is 2.08. The van der Waals surface area contributed by atoms with Crippen LogP contribution in [0.2, 0.25) is 0 Å².